The lowest BCUT2D eigenvalue weighted by molar-refractivity contribution is -0.128. The van der Waals surface area contributed by atoms with E-state index in [-0.39, 0.29) is 5.91 Å². The summed E-state index contributed by atoms with van der Waals surface area (Å²) in [6.07, 6.45) is -0.429. The maximum absolute atomic E-state index is 11.9. The van der Waals surface area contributed by atoms with Gasteiger partial charge in [0.2, 0.25) is 0 Å². The zero-order valence-electron chi connectivity index (χ0n) is 11.6. The van der Waals surface area contributed by atoms with Crippen LogP contribution in [0.1, 0.15) is 0 Å². The highest BCUT2D eigenvalue weighted by Gasteiger charge is 2.21. The van der Waals surface area contributed by atoms with E-state index >= 15 is 0 Å². The summed E-state index contributed by atoms with van der Waals surface area (Å²) in [7, 11) is 1.63. The molecule has 1 unspecified atom stereocenters. The highest BCUT2D eigenvalue weighted by molar-refractivity contribution is 5.94. The predicted octanol–water partition coefficient (Wildman–Crippen LogP) is 0.639. The molecule has 1 aliphatic heterocycles. The van der Waals surface area contributed by atoms with E-state index in [1.54, 1.807) is 19.2 Å². The summed E-state index contributed by atoms with van der Waals surface area (Å²) in [5, 5.41) is 5.94. The molecule has 0 bridgehead atoms. The molecule has 6 nitrogen and oxygen atoms in total. The van der Waals surface area contributed by atoms with Crippen LogP contribution in [0.2, 0.25) is 0 Å². The number of ether oxygens (including phenoxy) is 3. The number of carbonyl (C=O) groups excluding carboxylic acids is 1. The van der Waals surface area contributed by atoms with E-state index < -0.39 is 6.10 Å². The summed E-state index contributed by atoms with van der Waals surface area (Å²) in [6, 6.07) is 7.23. The number of hydrogen-bond donors (Lipinski definition) is 2. The molecule has 6 heteroatoms. The average molecular weight is 280 g/mol. The van der Waals surface area contributed by atoms with Crippen molar-refractivity contribution in [2.75, 3.05) is 45.3 Å². The Kier molecular flexibility index (Phi) is 5.79. The molecule has 0 saturated carbocycles. The molecular weight excluding hydrogens is 260 g/mol. The fourth-order valence-electron chi connectivity index (χ4n) is 1.83. The first kappa shape index (κ1) is 14.8. The molecule has 1 fully saturated rings. The molecule has 1 aromatic carbocycles. The van der Waals surface area contributed by atoms with Gasteiger partial charge in [0.15, 0.2) is 0 Å². The van der Waals surface area contributed by atoms with Crippen LogP contribution in [0.3, 0.4) is 0 Å². The molecule has 0 aromatic heterocycles. The number of anilines is 1. The van der Waals surface area contributed by atoms with Crippen molar-refractivity contribution in [3.63, 3.8) is 0 Å². The molecule has 2 N–H and O–H groups in total. The number of methoxy groups -OCH3 is 1. The SMILES string of the molecule is COCCOc1ccc(NC(=O)C2CNCCO2)cc1. The lowest BCUT2D eigenvalue weighted by atomic mass is 10.2. The molecular formula is C14H20N2O4. The molecule has 0 spiro atoms. The monoisotopic (exact) mass is 280 g/mol. The van der Waals surface area contributed by atoms with Crippen molar-refractivity contribution in [3.05, 3.63) is 24.3 Å². The third-order valence-corrected chi connectivity index (χ3v) is 2.90. The minimum Gasteiger partial charge on any atom is -0.491 e. The summed E-state index contributed by atoms with van der Waals surface area (Å²) < 4.78 is 15.7. The number of nitrogens with one attached hydrogen (secondary N) is 2. The topological polar surface area (TPSA) is 68.8 Å². The largest absolute Gasteiger partial charge is 0.491 e. The van der Waals surface area contributed by atoms with E-state index in [1.807, 2.05) is 12.1 Å². The highest BCUT2D eigenvalue weighted by atomic mass is 16.5. The Balaban J connectivity index is 1.81. The zero-order valence-corrected chi connectivity index (χ0v) is 11.6. The normalized spacial score (nSPS) is 18.6. The van der Waals surface area contributed by atoms with E-state index in [0.717, 1.165) is 18.0 Å². The Morgan fingerprint density at radius 2 is 2.20 bits per heavy atom. The minimum atomic E-state index is -0.429. The van der Waals surface area contributed by atoms with Crippen LogP contribution in [0, 0.1) is 0 Å². The lowest BCUT2D eigenvalue weighted by Gasteiger charge is -2.22. The molecule has 1 heterocycles. The standard InChI is InChI=1S/C14H20N2O4/c1-18-8-9-19-12-4-2-11(3-5-12)16-14(17)13-10-15-6-7-20-13/h2-5,13,15H,6-10H2,1H3,(H,16,17). The van der Waals surface area contributed by atoms with Crippen molar-refractivity contribution < 1.29 is 19.0 Å². The van der Waals surface area contributed by atoms with Gasteiger partial charge in [0, 0.05) is 25.9 Å². The van der Waals surface area contributed by atoms with E-state index in [1.165, 1.54) is 0 Å². The number of carbonyl (C=O) groups is 1. The first-order chi connectivity index (χ1) is 9.79. The van der Waals surface area contributed by atoms with Crippen LogP contribution in [-0.4, -0.2) is 52.0 Å². The predicted molar refractivity (Wildman–Crippen MR) is 75.1 cm³/mol. The van der Waals surface area contributed by atoms with Gasteiger partial charge >= 0.3 is 0 Å². The second-order valence-electron chi connectivity index (χ2n) is 4.42. The van der Waals surface area contributed by atoms with Gasteiger partial charge in [-0.25, -0.2) is 0 Å². The van der Waals surface area contributed by atoms with Crippen molar-refractivity contribution in [2.24, 2.45) is 0 Å². The Morgan fingerprint density at radius 1 is 1.40 bits per heavy atom. The molecule has 1 saturated heterocycles. The maximum atomic E-state index is 11.9. The quantitative estimate of drug-likeness (QED) is 0.748. The van der Waals surface area contributed by atoms with Crippen LogP contribution < -0.4 is 15.4 Å². The Labute approximate surface area is 118 Å². The molecule has 1 aliphatic rings. The molecule has 1 aromatic rings. The second kappa shape index (κ2) is 7.84. The van der Waals surface area contributed by atoms with E-state index in [0.29, 0.717) is 26.4 Å². The molecule has 20 heavy (non-hydrogen) atoms. The fourth-order valence-corrected chi connectivity index (χ4v) is 1.83. The summed E-state index contributed by atoms with van der Waals surface area (Å²) >= 11 is 0. The summed E-state index contributed by atoms with van der Waals surface area (Å²) in [6.45, 7) is 2.94. The zero-order chi connectivity index (χ0) is 14.2. The number of benzene rings is 1. The Morgan fingerprint density at radius 3 is 2.85 bits per heavy atom. The number of morpholine rings is 1. The average Bonchev–Trinajstić information content (AvgIpc) is 2.50. The van der Waals surface area contributed by atoms with Crippen LogP contribution in [0.4, 0.5) is 5.69 Å². The third kappa shape index (κ3) is 4.48. The van der Waals surface area contributed by atoms with Crippen molar-refractivity contribution in [1.82, 2.24) is 5.32 Å². The van der Waals surface area contributed by atoms with Gasteiger partial charge in [-0.1, -0.05) is 0 Å². The fraction of sp³-hybridized carbons (Fsp3) is 0.500. The van der Waals surface area contributed by atoms with Crippen LogP contribution in [0.25, 0.3) is 0 Å². The van der Waals surface area contributed by atoms with E-state index in [2.05, 4.69) is 10.6 Å². The van der Waals surface area contributed by atoms with Gasteiger partial charge in [-0.15, -0.1) is 0 Å². The summed E-state index contributed by atoms with van der Waals surface area (Å²) in [5.41, 5.74) is 0.725. The molecule has 0 radical (unpaired) electrons. The summed E-state index contributed by atoms with van der Waals surface area (Å²) in [5.74, 6) is 0.612. The van der Waals surface area contributed by atoms with Gasteiger partial charge in [0.05, 0.1) is 13.2 Å². The van der Waals surface area contributed by atoms with Gasteiger partial charge in [-0.3, -0.25) is 4.79 Å². The first-order valence-electron chi connectivity index (χ1n) is 6.64. The number of hydrogen-bond acceptors (Lipinski definition) is 5. The lowest BCUT2D eigenvalue weighted by Crippen LogP contribution is -2.45. The minimum absolute atomic E-state index is 0.134. The van der Waals surface area contributed by atoms with Crippen LogP contribution in [-0.2, 0) is 14.3 Å². The molecule has 1 atom stereocenters. The van der Waals surface area contributed by atoms with Crippen LogP contribution in [0.5, 0.6) is 5.75 Å². The highest BCUT2D eigenvalue weighted by Crippen LogP contribution is 2.16. The Hall–Kier alpha value is -1.63. The second-order valence-corrected chi connectivity index (χ2v) is 4.42. The van der Waals surface area contributed by atoms with E-state index in [4.69, 9.17) is 14.2 Å². The molecule has 110 valence electrons. The van der Waals surface area contributed by atoms with Crippen molar-refractivity contribution in [3.8, 4) is 5.75 Å². The van der Waals surface area contributed by atoms with E-state index in [9.17, 15) is 4.79 Å². The van der Waals surface area contributed by atoms with Gasteiger partial charge in [0.25, 0.3) is 5.91 Å². The Bertz CT molecular complexity index is 416. The van der Waals surface area contributed by atoms with Crippen molar-refractivity contribution in [1.29, 1.82) is 0 Å². The smallest absolute Gasteiger partial charge is 0.254 e. The van der Waals surface area contributed by atoms with Gasteiger partial charge < -0.3 is 24.8 Å². The number of rotatable bonds is 6. The van der Waals surface area contributed by atoms with Gasteiger partial charge in [-0.05, 0) is 24.3 Å². The summed E-state index contributed by atoms with van der Waals surface area (Å²) in [4.78, 5) is 11.9. The molecule has 0 aliphatic carbocycles. The maximum Gasteiger partial charge on any atom is 0.254 e. The van der Waals surface area contributed by atoms with Gasteiger partial charge in [0.1, 0.15) is 18.5 Å². The van der Waals surface area contributed by atoms with Crippen molar-refractivity contribution >= 4 is 11.6 Å². The molecule has 2 rings (SSSR count). The molecule has 1 amide bonds. The van der Waals surface area contributed by atoms with Crippen LogP contribution in [0.15, 0.2) is 24.3 Å². The third-order valence-electron chi connectivity index (χ3n) is 2.90. The van der Waals surface area contributed by atoms with Crippen LogP contribution >= 0.6 is 0 Å². The number of amides is 1. The van der Waals surface area contributed by atoms with Gasteiger partial charge in [-0.2, -0.15) is 0 Å². The first-order valence-corrected chi connectivity index (χ1v) is 6.64. The van der Waals surface area contributed by atoms with Crippen molar-refractivity contribution in [2.45, 2.75) is 6.10 Å².